The van der Waals surface area contributed by atoms with Crippen LogP contribution in [0, 0.1) is 13.8 Å². The van der Waals surface area contributed by atoms with Gasteiger partial charge in [-0.3, -0.25) is 9.59 Å². The first-order chi connectivity index (χ1) is 13.3. The molecule has 0 atom stereocenters. The van der Waals surface area contributed by atoms with Crippen molar-refractivity contribution in [3.05, 3.63) is 76.2 Å². The fourth-order valence-corrected chi connectivity index (χ4v) is 2.81. The highest BCUT2D eigenvalue weighted by Gasteiger charge is 2.13. The first-order valence-electron chi connectivity index (χ1n) is 8.63. The van der Waals surface area contributed by atoms with E-state index in [-0.39, 0.29) is 11.5 Å². The fraction of sp³-hybridized carbons (Fsp3) is 0.143. The minimum atomic E-state index is -0.392. The highest BCUT2D eigenvalue weighted by Crippen LogP contribution is 2.25. The van der Waals surface area contributed by atoms with Crippen LogP contribution in [0.1, 0.15) is 39.2 Å². The van der Waals surface area contributed by atoms with Gasteiger partial charge >= 0.3 is 0 Å². The second-order valence-corrected chi connectivity index (χ2v) is 6.72. The minimum absolute atomic E-state index is 0.0719. The number of benzene rings is 2. The van der Waals surface area contributed by atoms with Gasteiger partial charge in [0.2, 0.25) is 0 Å². The van der Waals surface area contributed by atoms with E-state index in [9.17, 15) is 9.59 Å². The van der Waals surface area contributed by atoms with Gasteiger partial charge in [0.15, 0.2) is 5.78 Å². The fourth-order valence-electron chi connectivity index (χ4n) is 2.64. The number of aromatic nitrogens is 2. The Labute approximate surface area is 168 Å². The lowest BCUT2D eigenvalue weighted by Gasteiger charge is -2.12. The van der Waals surface area contributed by atoms with Crippen LogP contribution in [0.15, 0.2) is 48.5 Å². The number of carbonyl (C=O) groups excluding carboxylic acids is 2. The van der Waals surface area contributed by atoms with Gasteiger partial charge in [-0.05, 0) is 50.6 Å². The van der Waals surface area contributed by atoms with Crippen LogP contribution >= 0.6 is 11.6 Å². The summed E-state index contributed by atoms with van der Waals surface area (Å²) in [5.74, 6) is 0.474. The van der Waals surface area contributed by atoms with E-state index in [0.29, 0.717) is 27.9 Å². The van der Waals surface area contributed by atoms with Crippen LogP contribution in [-0.2, 0) is 0 Å². The molecular formula is C21H19ClN4O2. The molecule has 3 aromatic rings. The van der Waals surface area contributed by atoms with E-state index in [1.807, 2.05) is 19.1 Å². The van der Waals surface area contributed by atoms with Crippen LogP contribution in [-0.4, -0.2) is 21.7 Å². The standard InChI is InChI=1S/C21H19ClN4O2/c1-12-17(22)8-5-9-18(12)26-20-11-19(23-14(3)24-20)21(28)25-16-7-4-6-15(10-16)13(2)27/h4-11H,1-3H3,(H,25,28)(H,23,24,26). The molecule has 0 aliphatic carbocycles. The van der Waals surface area contributed by atoms with E-state index in [0.717, 1.165) is 11.3 Å². The summed E-state index contributed by atoms with van der Waals surface area (Å²) in [4.78, 5) is 32.7. The molecule has 0 saturated heterocycles. The largest absolute Gasteiger partial charge is 0.340 e. The summed E-state index contributed by atoms with van der Waals surface area (Å²) in [5.41, 5.74) is 2.94. The van der Waals surface area contributed by atoms with Gasteiger partial charge in [-0.15, -0.1) is 0 Å². The van der Waals surface area contributed by atoms with Gasteiger partial charge in [-0.2, -0.15) is 0 Å². The molecule has 142 valence electrons. The van der Waals surface area contributed by atoms with Gasteiger partial charge in [-0.25, -0.2) is 9.97 Å². The number of amides is 1. The van der Waals surface area contributed by atoms with E-state index in [4.69, 9.17) is 11.6 Å². The third-order valence-electron chi connectivity index (χ3n) is 4.13. The first kappa shape index (κ1) is 19.5. The quantitative estimate of drug-likeness (QED) is 0.598. The Morgan fingerprint density at radius 1 is 1.00 bits per heavy atom. The van der Waals surface area contributed by atoms with Crippen LogP contribution in [0.25, 0.3) is 0 Å². The van der Waals surface area contributed by atoms with Crippen LogP contribution in [0.2, 0.25) is 5.02 Å². The Morgan fingerprint density at radius 2 is 1.75 bits per heavy atom. The SMILES string of the molecule is CC(=O)c1cccc(NC(=O)c2cc(Nc3cccc(Cl)c3C)nc(C)n2)c1. The molecule has 1 amide bonds. The van der Waals surface area contributed by atoms with Crippen LogP contribution in [0.5, 0.6) is 0 Å². The third-order valence-corrected chi connectivity index (χ3v) is 4.54. The normalized spacial score (nSPS) is 10.4. The van der Waals surface area contributed by atoms with Gasteiger partial charge in [0, 0.05) is 28.0 Å². The van der Waals surface area contributed by atoms with Crippen LogP contribution in [0.4, 0.5) is 17.2 Å². The van der Waals surface area contributed by atoms with Crippen molar-refractivity contribution < 1.29 is 9.59 Å². The summed E-state index contributed by atoms with van der Waals surface area (Å²) in [6.45, 7) is 5.09. The third kappa shape index (κ3) is 4.53. The molecule has 2 aromatic carbocycles. The zero-order valence-electron chi connectivity index (χ0n) is 15.7. The Kier molecular flexibility index (Phi) is 5.70. The average Bonchev–Trinajstić information content (AvgIpc) is 2.65. The molecule has 1 aromatic heterocycles. The minimum Gasteiger partial charge on any atom is -0.340 e. The van der Waals surface area contributed by atoms with Crippen molar-refractivity contribution in [2.24, 2.45) is 0 Å². The Hall–Kier alpha value is -3.25. The maximum atomic E-state index is 12.6. The molecule has 0 fully saturated rings. The smallest absolute Gasteiger partial charge is 0.274 e. The Bertz CT molecular complexity index is 1070. The van der Waals surface area contributed by atoms with Crippen molar-refractivity contribution in [1.29, 1.82) is 0 Å². The van der Waals surface area contributed by atoms with E-state index in [1.165, 1.54) is 6.92 Å². The van der Waals surface area contributed by atoms with Crippen molar-refractivity contribution in [2.45, 2.75) is 20.8 Å². The van der Waals surface area contributed by atoms with Crippen molar-refractivity contribution in [1.82, 2.24) is 9.97 Å². The second kappa shape index (κ2) is 8.19. The van der Waals surface area contributed by atoms with E-state index in [1.54, 1.807) is 43.3 Å². The summed E-state index contributed by atoms with van der Waals surface area (Å²) in [6, 6.07) is 13.8. The lowest BCUT2D eigenvalue weighted by Crippen LogP contribution is -2.15. The summed E-state index contributed by atoms with van der Waals surface area (Å²) in [5, 5.41) is 6.58. The maximum Gasteiger partial charge on any atom is 0.274 e. The van der Waals surface area contributed by atoms with Gasteiger partial charge < -0.3 is 10.6 Å². The molecule has 0 aliphatic heterocycles. The molecule has 0 saturated carbocycles. The van der Waals surface area contributed by atoms with E-state index >= 15 is 0 Å². The lowest BCUT2D eigenvalue weighted by molar-refractivity contribution is 0.100. The summed E-state index contributed by atoms with van der Waals surface area (Å²) >= 11 is 6.16. The number of ketones is 1. The predicted molar refractivity (Wildman–Crippen MR) is 111 cm³/mol. The number of rotatable bonds is 5. The molecule has 6 nitrogen and oxygen atoms in total. The molecule has 0 unspecified atom stereocenters. The molecule has 7 heteroatoms. The molecule has 0 aliphatic rings. The number of halogens is 1. The van der Waals surface area contributed by atoms with Crippen molar-refractivity contribution in [3.63, 3.8) is 0 Å². The van der Waals surface area contributed by atoms with Crippen molar-refractivity contribution in [2.75, 3.05) is 10.6 Å². The lowest BCUT2D eigenvalue weighted by atomic mass is 10.1. The summed E-state index contributed by atoms with van der Waals surface area (Å²) in [7, 11) is 0. The Morgan fingerprint density at radius 3 is 2.50 bits per heavy atom. The Balaban J connectivity index is 1.84. The molecular weight excluding hydrogens is 376 g/mol. The van der Waals surface area contributed by atoms with Gasteiger partial charge in [0.05, 0.1) is 0 Å². The number of carbonyl (C=O) groups is 2. The zero-order chi connectivity index (χ0) is 20.3. The highest BCUT2D eigenvalue weighted by molar-refractivity contribution is 6.31. The molecule has 28 heavy (non-hydrogen) atoms. The predicted octanol–water partition coefficient (Wildman–Crippen LogP) is 4.95. The first-order valence-corrected chi connectivity index (χ1v) is 9.01. The summed E-state index contributed by atoms with van der Waals surface area (Å²) < 4.78 is 0. The number of aryl methyl sites for hydroxylation is 1. The van der Waals surface area contributed by atoms with Crippen molar-refractivity contribution >= 4 is 40.5 Å². The van der Waals surface area contributed by atoms with Gasteiger partial charge in [0.25, 0.3) is 5.91 Å². The maximum absolute atomic E-state index is 12.6. The molecule has 0 radical (unpaired) electrons. The number of hydrogen-bond donors (Lipinski definition) is 2. The van der Waals surface area contributed by atoms with Crippen LogP contribution < -0.4 is 10.6 Å². The van der Waals surface area contributed by atoms with Gasteiger partial charge in [-0.1, -0.05) is 29.8 Å². The monoisotopic (exact) mass is 394 g/mol. The molecule has 3 rings (SSSR count). The number of hydrogen-bond acceptors (Lipinski definition) is 5. The van der Waals surface area contributed by atoms with Gasteiger partial charge in [0.1, 0.15) is 17.3 Å². The second-order valence-electron chi connectivity index (χ2n) is 6.31. The highest BCUT2D eigenvalue weighted by atomic mass is 35.5. The molecule has 0 spiro atoms. The van der Waals surface area contributed by atoms with Crippen molar-refractivity contribution in [3.8, 4) is 0 Å². The number of Topliss-reactive ketones (excluding diaryl/α,β-unsaturated/α-hetero) is 1. The number of anilines is 3. The topological polar surface area (TPSA) is 84.0 Å². The molecule has 2 N–H and O–H groups in total. The summed E-state index contributed by atoms with van der Waals surface area (Å²) in [6.07, 6.45) is 0. The van der Waals surface area contributed by atoms with Crippen LogP contribution in [0.3, 0.4) is 0 Å². The molecule has 0 bridgehead atoms. The van der Waals surface area contributed by atoms with E-state index in [2.05, 4.69) is 20.6 Å². The molecule has 1 heterocycles. The number of nitrogens with zero attached hydrogens (tertiary/aromatic N) is 2. The zero-order valence-corrected chi connectivity index (χ0v) is 16.5. The average molecular weight is 395 g/mol. The number of nitrogens with one attached hydrogen (secondary N) is 2. The van der Waals surface area contributed by atoms with E-state index < -0.39 is 5.91 Å².